The first kappa shape index (κ1) is 14.3. The van der Waals surface area contributed by atoms with Gasteiger partial charge in [-0.2, -0.15) is 0 Å². The standard InChI is InChI=1S/C9H9NO3S.CH5N/c10-8(14)5-13-9(12)6-3-1-2-4-7(6)11;1-2/h1-4,11H,5H2,(H2,10,14);2H2,1H3. The molecule has 5 N–H and O–H groups in total. The number of benzene rings is 1. The third-order valence-electron chi connectivity index (χ3n) is 1.47. The minimum atomic E-state index is -0.643. The largest absolute Gasteiger partial charge is 0.507 e. The van der Waals surface area contributed by atoms with E-state index in [0.717, 1.165) is 0 Å². The smallest absolute Gasteiger partial charge is 0.342 e. The van der Waals surface area contributed by atoms with Crippen molar-refractivity contribution in [3.05, 3.63) is 29.8 Å². The van der Waals surface area contributed by atoms with E-state index in [2.05, 4.69) is 18.0 Å². The van der Waals surface area contributed by atoms with Gasteiger partial charge in [-0.1, -0.05) is 24.4 Å². The van der Waals surface area contributed by atoms with Crippen molar-refractivity contribution < 1.29 is 14.6 Å². The molecule has 16 heavy (non-hydrogen) atoms. The average molecular weight is 242 g/mol. The Hall–Kier alpha value is -1.66. The fourth-order valence-corrected chi connectivity index (χ4v) is 0.920. The highest BCUT2D eigenvalue weighted by Gasteiger charge is 2.11. The molecule has 1 rings (SSSR count). The Morgan fingerprint density at radius 2 is 2.00 bits per heavy atom. The summed E-state index contributed by atoms with van der Waals surface area (Å²) in [5.41, 5.74) is 9.75. The molecule has 1 aromatic rings. The summed E-state index contributed by atoms with van der Waals surface area (Å²) in [6.45, 7) is -0.123. The zero-order chi connectivity index (χ0) is 12.6. The summed E-state index contributed by atoms with van der Waals surface area (Å²) in [7, 11) is 1.50. The Bertz CT molecular complexity index is 369. The predicted octanol–water partition coefficient (Wildman–Crippen LogP) is 0.410. The molecule has 0 atom stereocenters. The molecule has 5 nitrogen and oxygen atoms in total. The van der Waals surface area contributed by atoms with Gasteiger partial charge in [0.15, 0.2) is 0 Å². The van der Waals surface area contributed by atoms with Gasteiger partial charge in [-0.3, -0.25) is 0 Å². The van der Waals surface area contributed by atoms with E-state index in [0.29, 0.717) is 0 Å². The average Bonchev–Trinajstić information content (AvgIpc) is 2.29. The van der Waals surface area contributed by atoms with Crippen LogP contribution in [0.3, 0.4) is 0 Å². The number of rotatable bonds is 3. The molecule has 88 valence electrons. The van der Waals surface area contributed by atoms with Gasteiger partial charge in [0.05, 0.1) is 0 Å². The number of para-hydroxylation sites is 1. The van der Waals surface area contributed by atoms with Crippen LogP contribution in [-0.4, -0.2) is 29.7 Å². The number of aromatic hydroxyl groups is 1. The monoisotopic (exact) mass is 242 g/mol. The van der Waals surface area contributed by atoms with E-state index in [-0.39, 0.29) is 22.9 Å². The van der Waals surface area contributed by atoms with Crippen molar-refractivity contribution in [2.45, 2.75) is 0 Å². The van der Waals surface area contributed by atoms with E-state index in [1.807, 2.05) is 0 Å². The molecule has 0 amide bonds. The normalized spacial score (nSPS) is 8.62. The number of nitrogens with two attached hydrogens (primary N) is 2. The molecule has 0 aliphatic carbocycles. The van der Waals surface area contributed by atoms with Gasteiger partial charge in [-0.05, 0) is 19.2 Å². The van der Waals surface area contributed by atoms with E-state index < -0.39 is 5.97 Å². The van der Waals surface area contributed by atoms with Crippen LogP contribution >= 0.6 is 12.2 Å². The summed E-state index contributed by atoms with van der Waals surface area (Å²) >= 11 is 4.53. The topological polar surface area (TPSA) is 98.6 Å². The van der Waals surface area contributed by atoms with E-state index in [1.165, 1.54) is 19.2 Å². The first-order valence-electron chi connectivity index (χ1n) is 4.42. The SMILES string of the molecule is CN.NC(=S)COC(=O)c1ccccc1O. The van der Waals surface area contributed by atoms with Crippen LogP contribution in [0, 0.1) is 0 Å². The van der Waals surface area contributed by atoms with Crippen LogP contribution in [0.25, 0.3) is 0 Å². The zero-order valence-electron chi connectivity index (χ0n) is 8.84. The molecule has 0 saturated heterocycles. The lowest BCUT2D eigenvalue weighted by Crippen LogP contribution is -2.19. The minimum absolute atomic E-state index is 0.0915. The number of phenolic OH excluding ortho intramolecular Hbond substituents is 1. The Kier molecular flexibility index (Phi) is 6.82. The van der Waals surface area contributed by atoms with Crippen molar-refractivity contribution in [2.24, 2.45) is 11.5 Å². The van der Waals surface area contributed by atoms with E-state index in [4.69, 9.17) is 10.5 Å². The second kappa shape index (κ2) is 7.61. The van der Waals surface area contributed by atoms with Crippen LogP contribution in [0.2, 0.25) is 0 Å². The van der Waals surface area contributed by atoms with Crippen LogP contribution in [0.4, 0.5) is 0 Å². The maximum atomic E-state index is 11.3. The first-order chi connectivity index (χ1) is 7.61. The molecule has 0 heterocycles. The van der Waals surface area contributed by atoms with Crippen LogP contribution in [-0.2, 0) is 4.74 Å². The summed E-state index contributed by atoms with van der Waals surface area (Å²) in [6.07, 6.45) is 0. The molecule has 0 aromatic heterocycles. The molecule has 0 saturated carbocycles. The van der Waals surface area contributed by atoms with Gasteiger partial charge < -0.3 is 21.3 Å². The Labute approximate surface area is 99.0 Å². The molecule has 0 bridgehead atoms. The van der Waals surface area contributed by atoms with Gasteiger partial charge in [0.1, 0.15) is 22.9 Å². The molecule has 0 aliphatic rings. The highest BCUT2D eigenvalue weighted by Crippen LogP contribution is 2.16. The number of hydrogen-bond acceptors (Lipinski definition) is 5. The van der Waals surface area contributed by atoms with E-state index in [9.17, 15) is 9.90 Å². The lowest BCUT2D eigenvalue weighted by molar-refractivity contribution is 0.0561. The third kappa shape index (κ3) is 4.72. The fraction of sp³-hybridized carbons (Fsp3) is 0.200. The predicted molar refractivity (Wildman–Crippen MR) is 65.3 cm³/mol. The van der Waals surface area contributed by atoms with Crippen LogP contribution < -0.4 is 11.5 Å². The van der Waals surface area contributed by atoms with Crippen LogP contribution in [0.5, 0.6) is 5.75 Å². The highest BCUT2D eigenvalue weighted by molar-refractivity contribution is 7.80. The van der Waals surface area contributed by atoms with Gasteiger partial charge in [0, 0.05) is 0 Å². The third-order valence-corrected chi connectivity index (χ3v) is 1.59. The van der Waals surface area contributed by atoms with Crippen molar-refractivity contribution in [3.8, 4) is 5.75 Å². The molecule has 0 fully saturated rings. The molecule has 1 aromatic carbocycles. The fourth-order valence-electron chi connectivity index (χ4n) is 0.861. The van der Waals surface area contributed by atoms with Gasteiger partial charge in [0.2, 0.25) is 0 Å². The summed E-state index contributed by atoms with van der Waals surface area (Å²) in [6, 6.07) is 6.09. The minimum Gasteiger partial charge on any atom is -0.507 e. The Morgan fingerprint density at radius 1 is 1.44 bits per heavy atom. The van der Waals surface area contributed by atoms with Crippen molar-refractivity contribution in [1.29, 1.82) is 0 Å². The highest BCUT2D eigenvalue weighted by atomic mass is 32.1. The number of carbonyl (C=O) groups excluding carboxylic acids is 1. The molecule has 6 heteroatoms. The number of carbonyl (C=O) groups is 1. The van der Waals surface area contributed by atoms with Crippen molar-refractivity contribution >= 4 is 23.2 Å². The number of ether oxygens (including phenoxy) is 1. The maximum absolute atomic E-state index is 11.3. The van der Waals surface area contributed by atoms with Crippen molar-refractivity contribution in [1.82, 2.24) is 0 Å². The number of phenols is 1. The molecule has 0 radical (unpaired) electrons. The summed E-state index contributed by atoms with van der Waals surface area (Å²) in [5.74, 6) is -0.767. The zero-order valence-corrected chi connectivity index (χ0v) is 9.66. The van der Waals surface area contributed by atoms with Crippen molar-refractivity contribution in [2.75, 3.05) is 13.7 Å². The second-order valence-corrected chi connectivity index (χ2v) is 3.08. The maximum Gasteiger partial charge on any atom is 0.342 e. The quantitative estimate of drug-likeness (QED) is 0.524. The van der Waals surface area contributed by atoms with E-state index in [1.54, 1.807) is 12.1 Å². The van der Waals surface area contributed by atoms with E-state index >= 15 is 0 Å². The number of esters is 1. The second-order valence-electron chi connectivity index (χ2n) is 2.56. The molecular weight excluding hydrogens is 228 g/mol. The van der Waals surface area contributed by atoms with Crippen LogP contribution in [0.15, 0.2) is 24.3 Å². The summed E-state index contributed by atoms with van der Waals surface area (Å²) < 4.78 is 4.71. The molecule has 0 spiro atoms. The Balaban J connectivity index is 0.00000106. The molecule has 0 aliphatic heterocycles. The van der Waals surface area contributed by atoms with Crippen molar-refractivity contribution in [3.63, 3.8) is 0 Å². The Morgan fingerprint density at radius 3 is 2.50 bits per heavy atom. The number of hydrogen-bond donors (Lipinski definition) is 3. The first-order valence-corrected chi connectivity index (χ1v) is 4.83. The van der Waals surface area contributed by atoms with Gasteiger partial charge in [0.25, 0.3) is 0 Å². The lowest BCUT2D eigenvalue weighted by atomic mass is 10.2. The van der Waals surface area contributed by atoms with Gasteiger partial charge in [-0.15, -0.1) is 0 Å². The van der Waals surface area contributed by atoms with Crippen LogP contribution in [0.1, 0.15) is 10.4 Å². The molecular formula is C10H14N2O3S. The summed E-state index contributed by atoms with van der Waals surface area (Å²) in [5, 5.41) is 9.28. The molecule has 0 unspecified atom stereocenters. The summed E-state index contributed by atoms with van der Waals surface area (Å²) in [4.78, 5) is 11.4. The number of thiocarbonyl (C=S) groups is 1. The van der Waals surface area contributed by atoms with Gasteiger partial charge in [-0.25, -0.2) is 4.79 Å². The van der Waals surface area contributed by atoms with Gasteiger partial charge >= 0.3 is 5.97 Å². The lowest BCUT2D eigenvalue weighted by Gasteiger charge is -2.04.